The maximum atomic E-state index is 11.3. The molecule has 0 aliphatic carbocycles. The lowest BCUT2D eigenvalue weighted by Gasteiger charge is -2.20. The highest BCUT2D eigenvalue weighted by atomic mass is 16.6. The minimum atomic E-state index is -0.428. The van der Waals surface area contributed by atoms with Crippen LogP contribution in [-0.4, -0.2) is 30.8 Å². The molecule has 0 heterocycles. The van der Waals surface area contributed by atoms with Gasteiger partial charge in [0.1, 0.15) is 5.60 Å². The Kier molecular flexibility index (Phi) is 7.19. The number of amides is 1. The van der Waals surface area contributed by atoms with Crippen molar-refractivity contribution in [3.05, 3.63) is 0 Å². The molecule has 0 aliphatic rings. The van der Waals surface area contributed by atoms with E-state index in [1.54, 1.807) is 0 Å². The van der Waals surface area contributed by atoms with Crippen molar-refractivity contribution < 1.29 is 9.53 Å². The zero-order chi connectivity index (χ0) is 13.5. The third-order valence-electron chi connectivity index (χ3n) is 2.11. The standard InChI is InChI=1S/C13H28N2O2/c1-10(2)9-11(3)14-7-8-15-12(16)17-13(4,5)6/h10-11,14H,7-9H2,1-6H3,(H,15,16). The second kappa shape index (κ2) is 7.54. The van der Waals surface area contributed by atoms with Crippen molar-refractivity contribution in [2.45, 2.75) is 59.6 Å². The van der Waals surface area contributed by atoms with Crippen LogP contribution in [0.1, 0.15) is 48.0 Å². The molecular weight excluding hydrogens is 216 g/mol. The van der Waals surface area contributed by atoms with Gasteiger partial charge in [-0.25, -0.2) is 4.79 Å². The van der Waals surface area contributed by atoms with Crippen LogP contribution in [0.5, 0.6) is 0 Å². The van der Waals surface area contributed by atoms with Gasteiger partial charge in [-0.05, 0) is 40.0 Å². The lowest BCUT2D eigenvalue weighted by atomic mass is 10.1. The zero-order valence-electron chi connectivity index (χ0n) is 12.1. The van der Waals surface area contributed by atoms with E-state index in [4.69, 9.17) is 4.74 Å². The fourth-order valence-electron chi connectivity index (χ4n) is 1.59. The minimum absolute atomic E-state index is 0.351. The van der Waals surface area contributed by atoms with Gasteiger partial charge in [-0.1, -0.05) is 13.8 Å². The Morgan fingerprint density at radius 2 is 1.76 bits per heavy atom. The average molecular weight is 244 g/mol. The fourth-order valence-corrected chi connectivity index (χ4v) is 1.59. The first kappa shape index (κ1) is 16.2. The topological polar surface area (TPSA) is 50.4 Å². The second-order valence-corrected chi connectivity index (χ2v) is 5.91. The smallest absolute Gasteiger partial charge is 0.407 e. The largest absolute Gasteiger partial charge is 0.444 e. The Bertz CT molecular complexity index is 222. The van der Waals surface area contributed by atoms with E-state index >= 15 is 0 Å². The lowest BCUT2D eigenvalue weighted by molar-refractivity contribution is 0.0528. The van der Waals surface area contributed by atoms with Crippen LogP contribution in [-0.2, 0) is 4.74 Å². The molecule has 102 valence electrons. The van der Waals surface area contributed by atoms with Crippen molar-refractivity contribution in [1.82, 2.24) is 10.6 Å². The van der Waals surface area contributed by atoms with E-state index in [1.165, 1.54) is 0 Å². The highest BCUT2D eigenvalue weighted by Crippen LogP contribution is 2.06. The van der Waals surface area contributed by atoms with Gasteiger partial charge >= 0.3 is 6.09 Å². The van der Waals surface area contributed by atoms with Crippen LogP contribution in [0.3, 0.4) is 0 Å². The summed E-state index contributed by atoms with van der Waals surface area (Å²) in [5.41, 5.74) is -0.428. The van der Waals surface area contributed by atoms with Crippen LogP contribution >= 0.6 is 0 Å². The maximum Gasteiger partial charge on any atom is 0.407 e. The number of carbonyl (C=O) groups is 1. The first-order chi connectivity index (χ1) is 7.70. The average Bonchev–Trinajstić information content (AvgIpc) is 2.08. The molecule has 0 aromatic rings. The molecule has 0 aromatic heterocycles. The quantitative estimate of drug-likeness (QED) is 0.706. The normalized spacial score (nSPS) is 13.6. The van der Waals surface area contributed by atoms with E-state index in [9.17, 15) is 4.79 Å². The Labute approximate surface area is 105 Å². The lowest BCUT2D eigenvalue weighted by Crippen LogP contribution is -2.38. The SMILES string of the molecule is CC(C)CC(C)NCCNC(=O)OC(C)(C)C. The Morgan fingerprint density at radius 1 is 1.18 bits per heavy atom. The van der Waals surface area contributed by atoms with Crippen molar-refractivity contribution in [1.29, 1.82) is 0 Å². The molecule has 1 unspecified atom stereocenters. The van der Waals surface area contributed by atoms with Crippen molar-refractivity contribution in [3.8, 4) is 0 Å². The molecule has 2 N–H and O–H groups in total. The van der Waals surface area contributed by atoms with Crippen molar-refractivity contribution >= 4 is 6.09 Å². The predicted octanol–water partition coefficient (Wildman–Crippen LogP) is 2.54. The van der Waals surface area contributed by atoms with Gasteiger partial charge in [0.15, 0.2) is 0 Å². The molecule has 0 fully saturated rings. The van der Waals surface area contributed by atoms with Gasteiger partial charge in [0.25, 0.3) is 0 Å². The summed E-state index contributed by atoms with van der Waals surface area (Å²) in [6.45, 7) is 13.5. The number of hydrogen-bond donors (Lipinski definition) is 2. The van der Waals surface area contributed by atoms with E-state index in [-0.39, 0.29) is 6.09 Å². The first-order valence-corrected chi connectivity index (χ1v) is 6.41. The maximum absolute atomic E-state index is 11.3. The van der Waals surface area contributed by atoms with E-state index in [0.29, 0.717) is 18.5 Å². The number of hydrogen-bond acceptors (Lipinski definition) is 3. The molecular formula is C13H28N2O2. The Morgan fingerprint density at radius 3 is 2.24 bits per heavy atom. The van der Waals surface area contributed by atoms with Crippen molar-refractivity contribution in [2.75, 3.05) is 13.1 Å². The Hall–Kier alpha value is -0.770. The molecule has 0 aliphatic heterocycles. The predicted molar refractivity (Wildman–Crippen MR) is 71.2 cm³/mol. The molecule has 0 saturated heterocycles. The molecule has 0 bridgehead atoms. The van der Waals surface area contributed by atoms with Crippen molar-refractivity contribution in [3.63, 3.8) is 0 Å². The Balaban J connectivity index is 3.55. The monoisotopic (exact) mass is 244 g/mol. The van der Waals surface area contributed by atoms with Gasteiger partial charge < -0.3 is 15.4 Å². The van der Waals surface area contributed by atoms with Gasteiger partial charge in [0.2, 0.25) is 0 Å². The fraction of sp³-hybridized carbons (Fsp3) is 0.923. The minimum Gasteiger partial charge on any atom is -0.444 e. The molecule has 4 heteroatoms. The van der Waals surface area contributed by atoms with Crippen LogP contribution in [0.4, 0.5) is 4.79 Å². The summed E-state index contributed by atoms with van der Waals surface area (Å²) in [7, 11) is 0. The summed E-state index contributed by atoms with van der Waals surface area (Å²) in [4.78, 5) is 11.3. The van der Waals surface area contributed by atoms with Crippen LogP contribution in [0.15, 0.2) is 0 Å². The van der Waals surface area contributed by atoms with Gasteiger partial charge in [-0.15, -0.1) is 0 Å². The first-order valence-electron chi connectivity index (χ1n) is 6.41. The summed E-state index contributed by atoms with van der Waals surface area (Å²) < 4.78 is 5.13. The zero-order valence-corrected chi connectivity index (χ0v) is 12.1. The number of alkyl carbamates (subject to hydrolysis) is 1. The van der Waals surface area contributed by atoms with Gasteiger partial charge in [0, 0.05) is 19.1 Å². The van der Waals surface area contributed by atoms with Gasteiger partial charge in [-0.3, -0.25) is 0 Å². The molecule has 0 rings (SSSR count). The molecule has 0 saturated carbocycles. The summed E-state index contributed by atoms with van der Waals surface area (Å²) in [6, 6.07) is 0.482. The highest BCUT2D eigenvalue weighted by Gasteiger charge is 2.15. The number of ether oxygens (including phenoxy) is 1. The third kappa shape index (κ3) is 11.5. The molecule has 17 heavy (non-hydrogen) atoms. The van der Waals surface area contributed by atoms with Gasteiger partial charge in [0.05, 0.1) is 0 Å². The summed E-state index contributed by atoms with van der Waals surface area (Å²) in [6.07, 6.45) is 0.794. The van der Waals surface area contributed by atoms with E-state index in [0.717, 1.165) is 13.0 Å². The van der Waals surface area contributed by atoms with E-state index in [2.05, 4.69) is 31.4 Å². The molecule has 0 spiro atoms. The molecule has 0 radical (unpaired) electrons. The van der Waals surface area contributed by atoms with E-state index in [1.807, 2.05) is 20.8 Å². The van der Waals surface area contributed by atoms with Crippen molar-refractivity contribution in [2.24, 2.45) is 5.92 Å². The molecule has 1 atom stereocenters. The van der Waals surface area contributed by atoms with E-state index < -0.39 is 5.60 Å². The van der Waals surface area contributed by atoms with Crippen LogP contribution in [0.25, 0.3) is 0 Å². The van der Waals surface area contributed by atoms with Gasteiger partial charge in [-0.2, -0.15) is 0 Å². The number of rotatable bonds is 6. The van der Waals surface area contributed by atoms with Crippen LogP contribution in [0, 0.1) is 5.92 Å². The summed E-state index contributed by atoms with van der Waals surface area (Å²) >= 11 is 0. The highest BCUT2D eigenvalue weighted by molar-refractivity contribution is 5.67. The number of carbonyl (C=O) groups excluding carboxylic acids is 1. The van der Waals surface area contributed by atoms with Crippen LogP contribution < -0.4 is 10.6 Å². The van der Waals surface area contributed by atoms with Crippen LogP contribution in [0.2, 0.25) is 0 Å². The summed E-state index contributed by atoms with van der Waals surface area (Å²) in [5, 5.41) is 6.09. The molecule has 1 amide bonds. The second-order valence-electron chi connectivity index (χ2n) is 5.91. The third-order valence-corrected chi connectivity index (χ3v) is 2.11. The molecule has 0 aromatic carbocycles. The number of nitrogens with one attached hydrogen (secondary N) is 2. The molecule has 4 nitrogen and oxygen atoms in total. The summed E-state index contributed by atoms with van der Waals surface area (Å²) in [5.74, 6) is 0.691.